The van der Waals surface area contributed by atoms with Crippen molar-refractivity contribution in [1.29, 1.82) is 0 Å². The maximum atomic E-state index is 14.2. The van der Waals surface area contributed by atoms with Crippen LogP contribution in [0.25, 0.3) is 0 Å². The van der Waals surface area contributed by atoms with Gasteiger partial charge in [-0.3, -0.25) is 4.79 Å². The molecule has 2 heterocycles. The third kappa shape index (κ3) is 2.29. The first-order valence-corrected chi connectivity index (χ1v) is 13.1. The van der Waals surface area contributed by atoms with Crippen LogP contribution in [0.15, 0.2) is 22.8 Å². The maximum Gasteiger partial charge on any atom is 0.170 e. The topological polar surface area (TPSA) is 46.5 Å². The van der Waals surface area contributed by atoms with Crippen molar-refractivity contribution in [1.82, 2.24) is 0 Å². The van der Waals surface area contributed by atoms with Crippen molar-refractivity contribution < 1.29 is 14.6 Å². The highest BCUT2D eigenvalue weighted by Crippen LogP contribution is 2.75. The zero-order chi connectivity index (χ0) is 22.9. The van der Waals surface area contributed by atoms with Crippen molar-refractivity contribution in [3.8, 4) is 0 Å². The molecule has 0 aromatic carbocycles. The van der Waals surface area contributed by atoms with Crippen LogP contribution >= 0.6 is 0 Å². The van der Waals surface area contributed by atoms with E-state index in [4.69, 9.17) is 4.74 Å². The summed E-state index contributed by atoms with van der Waals surface area (Å²) in [5.74, 6) is -0.331. The Kier molecular flexibility index (Phi) is 4.05. The average Bonchev–Trinajstić information content (AvgIpc) is 2.70. The van der Waals surface area contributed by atoms with Gasteiger partial charge in [0, 0.05) is 23.2 Å². The normalized spacial score (nSPS) is 50.7. The second-order valence-electron chi connectivity index (χ2n) is 14.2. The number of carbonyl (C=O) groups is 1. The Morgan fingerprint density at radius 2 is 1.69 bits per heavy atom. The van der Waals surface area contributed by atoms with Crippen LogP contribution in [0.5, 0.6) is 0 Å². The Morgan fingerprint density at radius 3 is 2.38 bits per heavy atom. The van der Waals surface area contributed by atoms with Gasteiger partial charge in [-0.15, -0.1) is 0 Å². The second kappa shape index (κ2) is 6.00. The summed E-state index contributed by atoms with van der Waals surface area (Å²) in [7, 11) is 0. The molecular weight excluding hydrogens is 396 g/mol. The molecule has 0 amide bonds. The fraction of sp³-hybridized carbons (Fsp3) is 0.828. The Hall–Kier alpha value is -0.930. The zero-order valence-corrected chi connectivity index (χ0v) is 21.1. The number of ether oxygens (including phenoxy) is 1. The minimum Gasteiger partial charge on any atom is -0.365 e. The zero-order valence-electron chi connectivity index (χ0n) is 21.1. The Balaban J connectivity index is 1.50. The van der Waals surface area contributed by atoms with Gasteiger partial charge in [0.05, 0.1) is 6.61 Å². The molecule has 2 bridgehead atoms. The molecule has 0 unspecified atom stereocenters. The average molecular weight is 439 g/mol. The molecule has 7 rings (SSSR count). The summed E-state index contributed by atoms with van der Waals surface area (Å²) in [6, 6.07) is 0. The number of hydrogen-bond donors (Lipinski definition) is 1. The highest BCUT2D eigenvalue weighted by atomic mass is 16.6. The molecule has 0 aromatic rings. The van der Waals surface area contributed by atoms with E-state index in [-0.39, 0.29) is 27.6 Å². The molecule has 2 saturated heterocycles. The fourth-order valence-electron chi connectivity index (χ4n) is 9.89. The molecule has 176 valence electrons. The largest absolute Gasteiger partial charge is 0.365 e. The summed E-state index contributed by atoms with van der Waals surface area (Å²) in [6.07, 6.45) is 11.8. The standard InChI is InChI=1S/C29H42O3/c1-24(2)10-7-18-8-11-26(5)20(19(18)16-24)15-21(30)23-27(26,6)12-9-22-25(3,4)29(31)14-13-28(22,23)17-32-29/h15,22-23,31H,7-14,16-17H2,1-6H3/t22-,23-,26+,27+,28+,29-/m0/s1. The van der Waals surface area contributed by atoms with Crippen LogP contribution in [0.1, 0.15) is 99.3 Å². The van der Waals surface area contributed by atoms with Crippen LogP contribution in [0, 0.1) is 38.9 Å². The molecular formula is C29H42O3. The van der Waals surface area contributed by atoms with Gasteiger partial charge in [-0.25, -0.2) is 0 Å². The van der Waals surface area contributed by atoms with Crippen LogP contribution in [-0.4, -0.2) is 23.3 Å². The van der Waals surface area contributed by atoms with Crippen molar-refractivity contribution in [2.24, 2.45) is 38.9 Å². The Morgan fingerprint density at radius 1 is 0.969 bits per heavy atom. The number of fused-ring (bicyclic) bond motifs is 6. The highest BCUT2D eigenvalue weighted by molar-refractivity contribution is 5.96. The molecule has 0 radical (unpaired) electrons. The van der Waals surface area contributed by atoms with Gasteiger partial charge in [-0.2, -0.15) is 0 Å². The molecule has 6 atom stereocenters. The molecule has 1 N–H and O–H groups in total. The summed E-state index contributed by atoms with van der Waals surface area (Å²) >= 11 is 0. The van der Waals surface area contributed by atoms with Gasteiger partial charge >= 0.3 is 0 Å². The number of ketones is 1. The van der Waals surface area contributed by atoms with E-state index in [9.17, 15) is 9.90 Å². The van der Waals surface area contributed by atoms with Crippen molar-refractivity contribution in [3.63, 3.8) is 0 Å². The van der Waals surface area contributed by atoms with Gasteiger partial charge in [0.15, 0.2) is 11.6 Å². The van der Waals surface area contributed by atoms with E-state index in [1.54, 1.807) is 11.1 Å². The lowest BCUT2D eigenvalue weighted by molar-refractivity contribution is -0.391. The molecule has 3 heteroatoms. The van der Waals surface area contributed by atoms with Gasteiger partial charge in [-0.05, 0) is 90.8 Å². The third-order valence-electron chi connectivity index (χ3n) is 12.1. The first-order valence-electron chi connectivity index (χ1n) is 13.1. The lowest BCUT2D eigenvalue weighted by Crippen LogP contribution is -2.74. The minimum atomic E-state index is -1.03. The minimum absolute atomic E-state index is 0.00498. The molecule has 4 fully saturated rings. The number of carbonyl (C=O) groups excluding carboxylic acids is 1. The summed E-state index contributed by atoms with van der Waals surface area (Å²) in [5, 5.41) is 11.3. The van der Waals surface area contributed by atoms with Gasteiger partial charge in [-0.1, -0.05) is 47.1 Å². The highest BCUT2D eigenvalue weighted by Gasteiger charge is 2.74. The van der Waals surface area contributed by atoms with Crippen LogP contribution < -0.4 is 0 Å². The van der Waals surface area contributed by atoms with Gasteiger partial charge in [0.25, 0.3) is 0 Å². The summed E-state index contributed by atoms with van der Waals surface area (Å²) in [6.45, 7) is 14.7. The van der Waals surface area contributed by atoms with E-state index in [2.05, 4.69) is 47.6 Å². The van der Waals surface area contributed by atoms with Gasteiger partial charge in [0.2, 0.25) is 0 Å². The number of hydrogen-bond acceptors (Lipinski definition) is 3. The molecule has 7 aliphatic rings. The lowest BCUT2D eigenvalue weighted by atomic mass is 9.34. The summed E-state index contributed by atoms with van der Waals surface area (Å²) < 4.78 is 6.24. The maximum absolute atomic E-state index is 14.2. The molecule has 32 heavy (non-hydrogen) atoms. The monoisotopic (exact) mass is 438 g/mol. The number of allylic oxidation sites excluding steroid dienone is 4. The number of rotatable bonds is 0. The smallest absolute Gasteiger partial charge is 0.170 e. The SMILES string of the molecule is CC1(C)CCC2=C(C1)C1=CC(=O)[C@@H]3[C@]45CC[C@](O)(OC4)C(C)(C)[C@@H]5CC[C@@]3(C)[C@]1(C)CC2. The van der Waals surface area contributed by atoms with E-state index in [1.165, 1.54) is 31.3 Å². The molecule has 2 saturated carbocycles. The number of aliphatic hydroxyl groups is 1. The first kappa shape index (κ1) is 21.6. The van der Waals surface area contributed by atoms with Crippen molar-refractivity contribution in [3.05, 3.63) is 22.8 Å². The molecule has 3 nitrogen and oxygen atoms in total. The van der Waals surface area contributed by atoms with Crippen LogP contribution in [-0.2, 0) is 9.53 Å². The predicted molar refractivity (Wildman–Crippen MR) is 126 cm³/mol. The first-order chi connectivity index (χ1) is 14.8. The second-order valence-corrected chi connectivity index (χ2v) is 14.2. The van der Waals surface area contributed by atoms with Crippen LogP contribution in [0.2, 0.25) is 0 Å². The van der Waals surface area contributed by atoms with E-state index < -0.39 is 5.79 Å². The van der Waals surface area contributed by atoms with Gasteiger partial charge < -0.3 is 9.84 Å². The van der Waals surface area contributed by atoms with E-state index in [0.717, 1.165) is 25.7 Å². The Bertz CT molecular complexity index is 957. The van der Waals surface area contributed by atoms with Gasteiger partial charge in [0.1, 0.15) is 0 Å². The van der Waals surface area contributed by atoms with E-state index >= 15 is 0 Å². The lowest BCUT2D eigenvalue weighted by Gasteiger charge is -2.73. The summed E-state index contributed by atoms with van der Waals surface area (Å²) in [4.78, 5) is 14.2. The van der Waals surface area contributed by atoms with Crippen molar-refractivity contribution in [2.45, 2.75) is 105 Å². The molecule has 0 aromatic heterocycles. The molecule has 5 aliphatic carbocycles. The quantitative estimate of drug-likeness (QED) is 0.479. The van der Waals surface area contributed by atoms with Crippen LogP contribution in [0.3, 0.4) is 0 Å². The molecule has 2 aliphatic heterocycles. The predicted octanol–water partition coefficient (Wildman–Crippen LogP) is 6.36. The third-order valence-corrected chi connectivity index (χ3v) is 12.1. The molecule has 1 spiro atoms. The fourth-order valence-corrected chi connectivity index (χ4v) is 9.89. The summed E-state index contributed by atoms with van der Waals surface area (Å²) in [5.41, 5.74) is 4.46. The van der Waals surface area contributed by atoms with E-state index in [0.29, 0.717) is 30.1 Å². The van der Waals surface area contributed by atoms with Crippen molar-refractivity contribution >= 4 is 5.78 Å². The van der Waals surface area contributed by atoms with Crippen LogP contribution in [0.4, 0.5) is 0 Å². The van der Waals surface area contributed by atoms with Crippen molar-refractivity contribution in [2.75, 3.05) is 6.61 Å². The Labute approximate surface area is 194 Å². The van der Waals surface area contributed by atoms with E-state index in [1.807, 2.05) is 0 Å².